The first-order valence-corrected chi connectivity index (χ1v) is 11.4. The molecule has 3 rings (SSSR count). The zero-order chi connectivity index (χ0) is 20.3. The van der Waals surface area contributed by atoms with Crippen LogP contribution in [0.5, 0.6) is 0 Å². The van der Waals surface area contributed by atoms with Crippen molar-refractivity contribution in [1.82, 2.24) is 4.31 Å². The van der Waals surface area contributed by atoms with Crippen LogP contribution >= 0.6 is 23.2 Å². The Hall–Kier alpha value is -1.60. The maximum Gasteiger partial charge on any atom is 0.227 e. The number of aryl methyl sites for hydroxylation is 1. The predicted molar refractivity (Wildman–Crippen MR) is 113 cm³/mol. The van der Waals surface area contributed by atoms with Gasteiger partial charge in [0.2, 0.25) is 15.9 Å². The highest BCUT2D eigenvalue weighted by molar-refractivity contribution is 7.88. The number of hydrogen-bond donors (Lipinski definition) is 1. The van der Waals surface area contributed by atoms with Gasteiger partial charge in [-0.2, -0.15) is 0 Å². The smallest absolute Gasteiger partial charge is 0.227 e. The first-order chi connectivity index (χ1) is 13.3. The van der Waals surface area contributed by atoms with Crippen LogP contribution in [0.15, 0.2) is 42.5 Å². The van der Waals surface area contributed by atoms with E-state index in [1.807, 2.05) is 31.2 Å². The van der Waals surface area contributed by atoms with Gasteiger partial charge in [-0.15, -0.1) is 0 Å². The molecule has 2 aromatic rings. The molecule has 1 aliphatic rings. The van der Waals surface area contributed by atoms with Crippen molar-refractivity contribution in [2.45, 2.75) is 25.5 Å². The number of piperidine rings is 1. The standard InChI is InChI=1S/C20H22Cl2N2O3S/c1-14-4-2-3-5-16(14)13-28(26,27)24-10-8-15(9-11-24)20(25)23-19-7-6-17(21)12-18(19)22/h2-7,12,15H,8-11,13H2,1H3,(H,23,25). The lowest BCUT2D eigenvalue weighted by Crippen LogP contribution is -2.42. The van der Waals surface area contributed by atoms with E-state index >= 15 is 0 Å². The Morgan fingerprint density at radius 1 is 1.14 bits per heavy atom. The molecule has 0 saturated carbocycles. The highest BCUT2D eigenvalue weighted by Gasteiger charge is 2.31. The molecule has 1 saturated heterocycles. The monoisotopic (exact) mass is 440 g/mol. The number of nitrogens with one attached hydrogen (secondary N) is 1. The molecule has 0 atom stereocenters. The molecule has 0 aromatic heterocycles. The first kappa shape index (κ1) is 21.1. The van der Waals surface area contributed by atoms with Crippen LogP contribution in [-0.2, 0) is 20.6 Å². The maximum absolute atomic E-state index is 12.7. The molecule has 0 spiro atoms. The summed E-state index contributed by atoms with van der Waals surface area (Å²) >= 11 is 12.0. The number of anilines is 1. The number of halogens is 2. The minimum absolute atomic E-state index is 0.0169. The van der Waals surface area contributed by atoms with Gasteiger partial charge in [-0.3, -0.25) is 4.79 Å². The molecule has 1 fully saturated rings. The van der Waals surface area contributed by atoms with E-state index in [9.17, 15) is 13.2 Å². The van der Waals surface area contributed by atoms with Crippen molar-refractivity contribution in [2.75, 3.05) is 18.4 Å². The number of carbonyl (C=O) groups excluding carboxylic acids is 1. The Bertz CT molecular complexity index is 971. The fourth-order valence-corrected chi connectivity index (χ4v) is 5.40. The highest BCUT2D eigenvalue weighted by atomic mass is 35.5. The van der Waals surface area contributed by atoms with Crippen molar-refractivity contribution in [1.29, 1.82) is 0 Å². The maximum atomic E-state index is 12.7. The van der Waals surface area contributed by atoms with Crippen LogP contribution in [0.2, 0.25) is 10.0 Å². The highest BCUT2D eigenvalue weighted by Crippen LogP contribution is 2.28. The number of nitrogens with zero attached hydrogens (tertiary/aromatic N) is 1. The van der Waals surface area contributed by atoms with Gasteiger partial charge in [0.05, 0.1) is 16.5 Å². The zero-order valence-corrected chi connectivity index (χ0v) is 17.8. The molecule has 0 bridgehead atoms. The summed E-state index contributed by atoms with van der Waals surface area (Å²) in [6.07, 6.45) is 0.952. The molecule has 0 radical (unpaired) electrons. The summed E-state index contributed by atoms with van der Waals surface area (Å²) < 4.78 is 27.0. The molecular formula is C20H22Cl2N2O3S. The molecule has 28 heavy (non-hydrogen) atoms. The van der Waals surface area contributed by atoms with E-state index in [2.05, 4.69) is 5.32 Å². The normalized spacial score (nSPS) is 16.1. The van der Waals surface area contributed by atoms with Crippen LogP contribution in [-0.4, -0.2) is 31.7 Å². The quantitative estimate of drug-likeness (QED) is 0.744. The van der Waals surface area contributed by atoms with Gasteiger partial charge in [-0.05, 0) is 49.1 Å². The average molecular weight is 441 g/mol. The Kier molecular flexibility index (Phi) is 6.65. The summed E-state index contributed by atoms with van der Waals surface area (Å²) in [6, 6.07) is 12.4. The summed E-state index contributed by atoms with van der Waals surface area (Å²) in [4.78, 5) is 12.5. The number of hydrogen-bond acceptors (Lipinski definition) is 3. The van der Waals surface area contributed by atoms with E-state index in [0.717, 1.165) is 11.1 Å². The van der Waals surface area contributed by atoms with Crippen molar-refractivity contribution in [2.24, 2.45) is 5.92 Å². The van der Waals surface area contributed by atoms with Crippen LogP contribution in [0, 0.1) is 12.8 Å². The Morgan fingerprint density at radius 3 is 2.46 bits per heavy atom. The van der Waals surface area contributed by atoms with E-state index in [1.54, 1.807) is 18.2 Å². The molecule has 1 N–H and O–H groups in total. The first-order valence-electron chi connectivity index (χ1n) is 9.04. The van der Waals surface area contributed by atoms with Crippen LogP contribution in [0.25, 0.3) is 0 Å². The van der Waals surface area contributed by atoms with E-state index in [4.69, 9.17) is 23.2 Å². The Labute approximate surface area is 175 Å². The molecule has 0 unspecified atom stereocenters. The number of rotatable bonds is 5. The summed E-state index contributed by atoms with van der Waals surface area (Å²) in [5.74, 6) is -0.423. The van der Waals surface area contributed by atoms with Crippen molar-refractivity contribution in [3.05, 3.63) is 63.6 Å². The van der Waals surface area contributed by atoms with Crippen molar-refractivity contribution in [3.63, 3.8) is 0 Å². The number of carbonyl (C=O) groups is 1. The van der Waals surface area contributed by atoms with Crippen molar-refractivity contribution in [3.8, 4) is 0 Å². The third kappa shape index (κ3) is 5.06. The zero-order valence-electron chi connectivity index (χ0n) is 15.5. The van der Waals surface area contributed by atoms with E-state index in [-0.39, 0.29) is 17.6 Å². The lowest BCUT2D eigenvalue weighted by atomic mass is 9.97. The molecule has 1 aliphatic heterocycles. The minimum Gasteiger partial charge on any atom is -0.325 e. The predicted octanol–water partition coefficient (Wildman–Crippen LogP) is 4.48. The summed E-state index contributed by atoms with van der Waals surface area (Å²) in [5.41, 5.74) is 2.27. The van der Waals surface area contributed by atoms with E-state index in [0.29, 0.717) is 41.7 Å². The van der Waals surface area contributed by atoms with Crippen LogP contribution in [0.1, 0.15) is 24.0 Å². The van der Waals surface area contributed by atoms with Crippen molar-refractivity contribution < 1.29 is 13.2 Å². The fourth-order valence-electron chi connectivity index (χ4n) is 3.28. The second-order valence-electron chi connectivity index (χ2n) is 6.97. The Morgan fingerprint density at radius 2 is 1.82 bits per heavy atom. The largest absolute Gasteiger partial charge is 0.325 e. The third-order valence-electron chi connectivity index (χ3n) is 5.01. The van der Waals surface area contributed by atoms with Gasteiger partial charge in [0.1, 0.15) is 0 Å². The van der Waals surface area contributed by atoms with Crippen LogP contribution in [0.4, 0.5) is 5.69 Å². The second-order valence-corrected chi connectivity index (χ2v) is 9.78. The van der Waals surface area contributed by atoms with Gasteiger partial charge < -0.3 is 5.32 Å². The molecule has 5 nitrogen and oxygen atoms in total. The lowest BCUT2D eigenvalue weighted by molar-refractivity contribution is -0.120. The van der Waals surface area contributed by atoms with Crippen LogP contribution < -0.4 is 5.32 Å². The second kappa shape index (κ2) is 8.82. The lowest BCUT2D eigenvalue weighted by Gasteiger charge is -2.30. The van der Waals surface area contributed by atoms with E-state index in [1.165, 1.54) is 4.31 Å². The van der Waals surface area contributed by atoms with Crippen molar-refractivity contribution >= 4 is 44.8 Å². The van der Waals surface area contributed by atoms with Crippen LogP contribution in [0.3, 0.4) is 0 Å². The van der Waals surface area contributed by atoms with Gasteiger partial charge in [-0.1, -0.05) is 47.5 Å². The van der Waals surface area contributed by atoms with Gasteiger partial charge >= 0.3 is 0 Å². The average Bonchev–Trinajstić information content (AvgIpc) is 2.66. The summed E-state index contributed by atoms with van der Waals surface area (Å²) in [7, 11) is -3.41. The Balaban J connectivity index is 1.59. The van der Waals surface area contributed by atoms with Gasteiger partial charge in [0.25, 0.3) is 0 Å². The number of benzene rings is 2. The number of sulfonamides is 1. The molecule has 0 aliphatic carbocycles. The molecule has 8 heteroatoms. The van der Waals surface area contributed by atoms with E-state index < -0.39 is 10.0 Å². The molecule has 2 aromatic carbocycles. The summed E-state index contributed by atoms with van der Waals surface area (Å²) in [5, 5.41) is 3.68. The van der Waals surface area contributed by atoms with Gasteiger partial charge in [0.15, 0.2) is 0 Å². The van der Waals surface area contributed by atoms with Gasteiger partial charge in [0, 0.05) is 24.0 Å². The minimum atomic E-state index is -3.41. The van der Waals surface area contributed by atoms with Gasteiger partial charge in [-0.25, -0.2) is 12.7 Å². The fraction of sp³-hybridized carbons (Fsp3) is 0.350. The molecule has 1 heterocycles. The molecular weight excluding hydrogens is 419 g/mol. The summed E-state index contributed by atoms with van der Waals surface area (Å²) in [6.45, 7) is 2.57. The SMILES string of the molecule is Cc1ccccc1CS(=O)(=O)N1CCC(C(=O)Nc2ccc(Cl)cc2Cl)CC1. The number of amides is 1. The molecule has 150 valence electrons. The topological polar surface area (TPSA) is 66.5 Å². The molecule has 1 amide bonds. The third-order valence-corrected chi connectivity index (χ3v) is 7.38.